The first-order chi connectivity index (χ1) is 50.5. The monoisotopic (exact) mass is 1640 g/mol. The zero-order valence-corrected chi connectivity index (χ0v) is 68.6. The van der Waals surface area contributed by atoms with Crippen molar-refractivity contribution in [1.29, 1.82) is 0 Å². The molecule has 0 unspecified atom stereocenters. The topological polar surface area (TPSA) is 403 Å². The van der Waals surface area contributed by atoms with Crippen molar-refractivity contribution < 1.29 is 45.8 Å². The molecule has 6 N–H and O–H groups in total. The van der Waals surface area contributed by atoms with Gasteiger partial charge < -0.3 is 21.6 Å². The van der Waals surface area contributed by atoms with Crippen LogP contribution in [0.1, 0.15) is 242 Å². The molecule has 12 rings (SSSR count). The lowest BCUT2D eigenvalue weighted by atomic mass is 9.83. The van der Waals surface area contributed by atoms with E-state index in [1.165, 1.54) is 132 Å². The van der Waals surface area contributed by atoms with Crippen LogP contribution in [0.4, 0.5) is 0 Å². The van der Waals surface area contributed by atoms with E-state index in [2.05, 4.69) is 54.8 Å². The number of benzene rings is 2. The molecule has 7 aliphatic carbocycles. The molecule has 0 bridgehead atoms. The summed E-state index contributed by atoms with van der Waals surface area (Å²) in [6.45, 7) is 3.03. The second-order valence-electron chi connectivity index (χ2n) is 28.5. The number of hydrogen-bond acceptors (Lipinski definition) is 25. The Bertz CT molecular complexity index is 3560. The molecule has 26 nitrogen and oxygen atoms in total. The lowest BCUT2D eigenvalue weighted by molar-refractivity contribution is -0.578. The van der Waals surface area contributed by atoms with Crippen molar-refractivity contribution in [1.82, 2.24) is 29.9 Å². The quantitative estimate of drug-likeness (QED) is 0.00843. The molecule has 3 aromatic heterocycles. The third-order valence-electron chi connectivity index (χ3n) is 19.9. The van der Waals surface area contributed by atoms with Gasteiger partial charge in [-0.2, -0.15) is 21.0 Å². The molecule has 34 heteroatoms. The molecule has 0 aliphatic heterocycles. The second-order valence-corrected chi connectivity index (χ2v) is 35.3. The number of thiol groups is 1. The molecule has 7 fully saturated rings. The van der Waals surface area contributed by atoms with Crippen LogP contribution in [0.2, 0.25) is 0 Å². The van der Waals surface area contributed by atoms with Crippen LogP contribution in [0.5, 0.6) is 0 Å². The molecule has 600 valence electrons. The highest BCUT2D eigenvalue weighted by molar-refractivity contribution is 8.13. The van der Waals surface area contributed by atoms with E-state index >= 15 is 0 Å². The van der Waals surface area contributed by atoms with Crippen molar-refractivity contribution in [2.75, 3.05) is 30.5 Å². The number of rotatable bonds is 17. The Hall–Kier alpha value is -5.13. The first-order valence-electron chi connectivity index (χ1n) is 37.2. The van der Waals surface area contributed by atoms with E-state index < -0.39 is 42.4 Å². The fourth-order valence-electron chi connectivity index (χ4n) is 13.1. The smallest absolute Gasteiger partial charge is 0.297 e. The first-order valence-corrected chi connectivity index (χ1v) is 43.9. The summed E-state index contributed by atoms with van der Waals surface area (Å²) < 4.78 is 51.2. The Balaban J connectivity index is 0.000000319. The minimum Gasteiger partial charge on any atom is -0.389 e. The molecule has 0 saturated heterocycles. The maximum Gasteiger partial charge on any atom is 0.297 e. The van der Waals surface area contributed by atoms with Gasteiger partial charge in [0, 0.05) is 142 Å². The number of aliphatic hydroxyl groups excluding tert-OH is 1. The van der Waals surface area contributed by atoms with E-state index in [1.807, 2.05) is 19.9 Å². The Morgan fingerprint density at radius 2 is 0.869 bits per heavy atom. The van der Waals surface area contributed by atoms with Gasteiger partial charge in [0.05, 0.1) is 15.5 Å². The van der Waals surface area contributed by atoms with Crippen LogP contribution in [-0.2, 0) is 23.4 Å². The maximum atomic E-state index is 12.1. The van der Waals surface area contributed by atoms with Crippen LogP contribution in [-0.4, -0.2) is 136 Å². The number of H-pyrrole nitrogens is 1. The summed E-state index contributed by atoms with van der Waals surface area (Å²) in [5.41, 5.74) is 11.3. The largest absolute Gasteiger partial charge is 0.389 e. The summed E-state index contributed by atoms with van der Waals surface area (Å²) in [7, 11) is -2.42. The van der Waals surface area contributed by atoms with Gasteiger partial charge in [-0.1, -0.05) is 162 Å². The lowest BCUT2D eigenvalue weighted by Crippen LogP contribution is -2.45. The van der Waals surface area contributed by atoms with Gasteiger partial charge in [-0.05, 0) is 146 Å². The zero-order chi connectivity index (χ0) is 77.8. The van der Waals surface area contributed by atoms with Crippen LogP contribution in [0.15, 0.2) is 124 Å². The zero-order valence-electron chi connectivity index (χ0n) is 62.1. The van der Waals surface area contributed by atoms with E-state index in [9.17, 15) is 57.3 Å². The summed E-state index contributed by atoms with van der Waals surface area (Å²) in [6, 6.07) is 17.8. The fraction of sp³-hybridized carbons (Fsp3) is 0.671. The average Bonchev–Trinajstić information content (AvgIpc) is 0.818. The van der Waals surface area contributed by atoms with Gasteiger partial charge in [0.1, 0.15) is 13.2 Å². The number of aromatic amines is 1. The van der Waals surface area contributed by atoms with E-state index in [1.54, 1.807) is 85.3 Å². The van der Waals surface area contributed by atoms with Gasteiger partial charge in [0.25, 0.3) is 19.2 Å². The minimum absolute atomic E-state index is 0. The minimum atomic E-state index is -3.95. The van der Waals surface area contributed by atoms with E-state index in [0.29, 0.717) is 54.2 Å². The van der Waals surface area contributed by atoms with Gasteiger partial charge in [0.15, 0.2) is 15.1 Å². The number of nitrogens with two attached hydrogens (primary N) is 2. The van der Waals surface area contributed by atoms with Gasteiger partial charge in [0.2, 0.25) is 22.7 Å². The second kappa shape index (κ2) is 51.4. The third-order valence-corrected chi connectivity index (χ3v) is 25.8. The molecular formula is C73H114Cl2N12O14S6. The molecule has 2 aromatic carbocycles. The molecule has 107 heavy (non-hydrogen) atoms. The molecule has 7 saturated carbocycles. The normalized spacial score (nSPS) is 18.9. The van der Waals surface area contributed by atoms with E-state index in [4.69, 9.17) is 31.4 Å². The molecule has 0 radical (unpaired) electrons. The highest BCUT2D eigenvalue weighted by atomic mass is 35.7. The van der Waals surface area contributed by atoms with Gasteiger partial charge in [-0.25, -0.2) is 33.3 Å². The molecule has 0 spiro atoms. The SMILES string of the molecule is C1CCCCC1.Cc1ccc(S(=O)(=O)Cl)cc1.Cc1ccc(S(=O)(=O)OCC2([N+](=O)[O-])CCCCC2)cc1.Cl.NC1(CS)CCCCC1.NC1(CSc2ncccn2)CCCCC1.O=[N+]([O-])C1(CO)CCCCC1.O=[N+]([O-])C1(CSc2ncccn2)CCCCC1.O=[N+]([O-])C1CCCCC1.S=c1nccc[nH]1. The Labute approximate surface area is 662 Å². The average molecular weight is 1650 g/mol. The van der Waals surface area contributed by atoms with Crippen molar-refractivity contribution in [3.05, 3.63) is 160 Å². The van der Waals surface area contributed by atoms with Crippen LogP contribution in [0.3, 0.4) is 0 Å². The highest BCUT2D eigenvalue weighted by Crippen LogP contribution is 2.37. The standard InChI is InChI=1S/C14H19NO5S.C11H15N3O2S.C11H17N3S.C7H7ClO2S.C7H13NO3.C7H15NS.C6H11NO2.C6H12.C4H4N2S.ClH/c1-12-5-7-13(8-6-12)21(18,19)20-11-14(15(16)17)9-3-2-4-10-14;15-14(16)11(5-2-1-3-6-11)9-17-10-12-7-4-8-13-10;12-11(5-2-1-3-6-11)9-15-10-13-7-4-8-14-10;1-6-2-4-7(5-3-6)11(8,9)10;9-6-7(8(10)11)4-2-1-3-5-7;8-7(6-9)4-2-1-3-5-7;8-7(9)6-4-2-1-3-5-6;1-2-4-6-5-3-1;7-4-5-2-1-3-6-4;/h5-8H,2-4,9-11H2,1H3;4,7-8H,1-3,5-6,9H2;4,7-8H,1-3,5-6,9,12H2;2-5H,1H3;9H,1-6H2;9H,1-6,8H2;6H,1-5H2;1-6H2;1-3H,(H,5,6,7);1H. The van der Waals surface area contributed by atoms with Crippen molar-refractivity contribution in [2.45, 2.75) is 299 Å². The first kappa shape index (κ1) is 96.1. The number of nitrogens with zero attached hydrogens (tertiary/aromatic N) is 9. The van der Waals surface area contributed by atoms with Crippen molar-refractivity contribution >= 4 is 90.6 Å². The van der Waals surface area contributed by atoms with E-state index in [-0.39, 0.29) is 65.6 Å². The van der Waals surface area contributed by atoms with E-state index in [0.717, 1.165) is 124 Å². The fourth-order valence-corrected chi connectivity index (χ4v) is 17.3. The van der Waals surface area contributed by atoms with Gasteiger partial charge in [-0.15, -0.1) is 12.4 Å². The Morgan fingerprint density at radius 3 is 1.19 bits per heavy atom. The predicted molar refractivity (Wildman–Crippen MR) is 432 cm³/mol. The van der Waals surface area contributed by atoms with Crippen LogP contribution in [0, 0.1) is 59.1 Å². The number of hydrogen-bond donors (Lipinski definition) is 5. The molecule has 5 aromatic rings. The summed E-state index contributed by atoms with van der Waals surface area (Å²) in [5, 5.41) is 53.6. The Kier molecular flexibility index (Phi) is 46.2. The number of aliphatic hydroxyl groups is 1. The van der Waals surface area contributed by atoms with Crippen LogP contribution in [0.25, 0.3) is 0 Å². The summed E-state index contributed by atoms with van der Waals surface area (Å²) in [5.74, 6) is 2.27. The van der Waals surface area contributed by atoms with Crippen molar-refractivity contribution in [3.63, 3.8) is 0 Å². The lowest BCUT2D eigenvalue weighted by Gasteiger charge is -2.32. The van der Waals surface area contributed by atoms with Gasteiger partial charge >= 0.3 is 0 Å². The molecule has 0 amide bonds. The van der Waals surface area contributed by atoms with Crippen LogP contribution >= 0.6 is 71.5 Å². The highest BCUT2D eigenvalue weighted by Gasteiger charge is 2.47. The molecule has 3 heterocycles. The van der Waals surface area contributed by atoms with Crippen LogP contribution < -0.4 is 11.5 Å². The number of aryl methyl sites for hydroxylation is 2. The summed E-state index contributed by atoms with van der Waals surface area (Å²) >= 11 is 11.9. The maximum absolute atomic E-state index is 12.1. The number of nitrogens with one attached hydrogen (secondary N) is 1. The third kappa shape index (κ3) is 37.6. The molecular weight excluding hydrogens is 1530 g/mol. The predicted octanol–water partition coefficient (Wildman–Crippen LogP) is 17.4. The molecule has 7 aliphatic rings. The number of halogens is 2. The van der Waals surface area contributed by atoms with Gasteiger partial charge in [-0.3, -0.25) is 44.6 Å². The summed E-state index contributed by atoms with van der Waals surface area (Å²) in [6.07, 6.45) is 48.1. The van der Waals surface area contributed by atoms with Crippen molar-refractivity contribution in [2.24, 2.45) is 11.5 Å². The Morgan fingerprint density at radius 1 is 0.523 bits per heavy atom. The number of aromatic nitrogens is 6. The molecule has 0 atom stereocenters. The summed E-state index contributed by atoms with van der Waals surface area (Å²) in [4.78, 5) is 65.5. The number of nitro groups is 4. The van der Waals surface area contributed by atoms with Crippen molar-refractivity contribution in [3.8, 4) is 0 Å². The number of thioether (sulfide) groups is 2.